The quantitative estimate of drug-likeness (QED) is 0.0497. The number of amides is 9. The van der Waals surface area contributed by atoms with Crippen LogP contribution in [0.3, 0.4) is 0 Å². The highest BCUT2D eigenvalue weighted by atomic mass is 16.2. The fraction of sp³-hybridized carbons (Fsp3) is 0.827. The molecule has 0 aliphatic carbocycles. The Kier molecular flexibility index (Phi) is 27.3. The van der Waals surface area contributed by atoms with Gasteiger partial charge in [-0.05, 0) is 114 Å². The molecule has 3 atom stereocenters. The van der Waals surface area contributed by atoms with Crippen LogP contribution in [0.1, 0.15) is 200 Å². The third kappa shape index (κ3) is 20.2. The van der Waals surface area contributed by atoms with E-state index in [1.54, 1.807) is 60.3 Å². The molecular formula is C52H95N9O9. The van der Waals surface area contributed by atoms with Crippen LogP contribution in [0.2, 0.25) is 0 Å². The Morgan fingerprint density at radius 2 is 1.19 bits per heavy atom. The molecule has 1 aliphatic rings. The first-order chi connectivity index (χ1) is 32.6. The average molecular weight is 990 g/mol. The normalized spacial score (nSPS) is 15.0. The summed E-state index contributed by atoms with van der Waals surface area (Å²) in [6.45, 7) is 26.1. The van der Waals surface area contributed by atoms with Crippen molar-refractivity contribution in [1.82, 2.24) is 46.6 Å². The monoisotopic (exact) mass is 990 g/mol. The summed E-state index contributed by atoms with van der Waals surface area (Å²) in [5.74, 6) is -4.38. The van der Waals surface area contributed by atoms with Crippen molar-refractivity contribution >= 4 is 53.2 Å². The van der Waals surface area contributed by atoms with Crippen LogP contribution in [-0.4, -0.2) is 141 Å². The van der Waals surface area contributed by atoms with Crippen LogP contribution in [0.25, 0.3) is 0 Å². The van der Waals surface area contributed by atoms with Gasteiger partial charge in [-0.2, -0.15) is 0 Å². The zero-order valence-electron chi connectivity index (χ0n) is 45.9. The Morgan fingerprint density at radius 1 is 0.614 bits per heavy atom. The van der Waals surface area contributed by atoms with E-state index in [0.29, 0.717) is 51.6 Å². The Bertz CT molecular complexity index is 1750. The largest absolute Gasteiger partial charge is 0.354 e. The molecule has 0 bridgehead atoms. The van der Waals surface area contributed by atoms with Crippen molar-refractivity contribution in [3.05, 3.63) is 0 Å². The van der Waals surface area contributed by atoms with Crippen LogP contribution in [0, 0.1) is 5.92 Å². The fourth-order valence-electron chi connectivity index (χ4n) is 8.88. The van der Waals surface area contributed by atoms with E-state index >= 15 is 0 Å². The van der Waals surface area contributed by atoms with E-state index in [1.165, 1.54) is 23.6 Å². The molecule has 18 nitrogen and oxygen atoms in total. The smallest absolute Gasteiger partial charge is 0.246 e. The predicted molar refractivity (Wildman–Crippen MR) is 274 cm³/mol. The van der Waals surface area contributed by atoms with Crippen molar-refractivity contribution in [3.63, 3.8) is 0 Å². The molecule has 0 aromatic heterocycles. The van der Waals surface area contributed by atoms with E-state index in [9.17, 15) is 43.2 Å². The molecule has 0 saturated carbocycles. The molecule has 1 saturated heterocycles. The fourth-order valence-corrected chi connectivity index (χ4v) is 8.88. The number of likely N-dealkylation sites (tertiary alicyclic amines) is 1. The van der Waals surface area contributed by atoms with Crippen molar-refractivity contribution in [2.75, 3.05) is 26.2 Å². The minimum Gasteiger partial charge on any atom is -0.354 e. The van der Waals surface area contributed by atoms with Crippen LogP contribution < -0.4 is 31.9 Å². The van der Waals surface area contributed by atoms with Gasteiger partial charge in [0.2, 0.25) is 53.2 Å². The van der Waals surface area contributed by atoms with E-state index in [-0.39, 0.29) is 30.1 Å². The number of unbranched alkanes of at least 4 members (excludes halogenated alkanes) is 7. The lowest BCUT2D eigenvalue weighted by molar-refractivity contribution is -0.150. The maximum Gasteiger partial charge on any atom is 0.246 e. The summed E-state index contributed by atoms with van der Waals surface area (Å²) in [5.41, 5.74) is -4.28. The summed E-state index contributed by atoms with van der Waals surface area (Å²) in [5, 5.41) is 16.6. The molecule has 0 aromatic carbocycles. The molecule has 0 radical (unpaired) electrons. The number of nitrogens with one attached hydrogen (secondary N) is 6. The first kappa shape index (κ1) is 63.2. The maximum absolute atomic E-state index is 14.1. The second-order valence-electron chi connectivity index (χ2n) is 21.6. The van der Waals surface area contributed by atoms with Crippen LogP contribution in [-0.2, 0) is 43.2 Å². The van der Waals surface area contributed by atoms with E-state index in [0.717, 1.165) is 51.4 Å². The molecule has 18 heteroatoms. The molecule has 0 spiro atoms. The van der Waals surface area contributed by atoms with Gasteiger partial charge in [-0.3, -0.25) is 43.2 Å². The van der Waals surface area contributed by atoms with Gasteiger partial charge in [-0.25, -0.2) is 0 Å². The lowest BCUT2D eigenvalue weighted by atomic mass is 9.96. The van der Waals surface area contributed by atoms with Gasteiger partial charge in [0.1, 0.15) is 34.7 Å². The molecular weight excluding hydrogens is 895 g/mol. The van der Waals surface area contributed by atoms with Gasteiger partial charge in [-0.15, -0.1) is 0 Å². The highest BCUT2D eigenvalue weighted by Crippen LogP contribution is 2.23. The van der Waals surface area contributed by atoms with Crippen molar-refractivity contribution in [2.45, 2.75) is 247 Å². The summed E-state index contributed by atoms with van der Waals surface area (Å²) in [7, 11) is 0. The van der Waals surface area contributed by atoms with Crippen LogP contribution in [0.5, 0.6) is 0 Å². The van der Waals surface area contributed by atoms with Gasteiger partial charge in [-0.1, -0.05) is 86.0 Å². The van der Waals surface area contributed by atoms with Gasteiger partial charge in [0.15, 0.2) is 0 Å². The van der Waals surface area contributed by atoms with Gasteiger partial charge in [0.05, 0.1) is 13.1 Å². The summed E-state index contributed by atoms with van der Waals surface area (Å²) < 4.78 is 0. The third-order valence-electron chi connectivity index (χ3n) is 12.8. The van der Waals surface area contributed by atoms with Crippen molar-refractivity contribution < 1.29 is 43.2 Å². The molecule has 70 heavy (non-hydrogen) atoms. The molecule has 3 unspecified atom stereocenters. The number of carbonyl (C=O) groups is 9. The minimum absolute atomic E-state index is 0.0573. The second-order valence-corrected chi connectivity index (χ2v) is 21.6. The molecule has 1 fully saturated rings. The first-order valence-electron chi connectivity index (χ1n) is 26.3. The van der Waals surface area contributed by atoms with E-state index < -0.39 is 95.4 Å². The van der Waals surface area contributed by atoms with E-state index in [2.05, 4.69) is 45.7 Å². The summed E-state index contributed by atoms with van der Waals surface area (Å²) in [6, 6.07) is -3.67. The Balaban J connectivity index is 3.22. The predicted octanol–water partition coefficient (Wildman–Crippen LogP) is 5.01. The van der Waals surface area contributed by atoms with Crippen LogP contribution in [0.15, 0.2) is 0 Å². The van der Waals surface area contributed by atoms with Gasteiger partial charge in [0, 0.05) is 31.6 Å². The molecule has 0 aromatic rings. The number of rotatable bonds is 32. The summed E-state index contributed by atoms with van der Waals surface area (Å²) in [6.07, 6.45) is 11.3. The van der Waals surface area contributed by atoms with Crippen LogP contribution in [0.4, 0.5) is 0 Å². The van der Waals surface area contributed by atoms with E-state index in [1.807, 2.05) is 20.8 Å². The zero-order chi connectivity index (χ0) is 53.6. The van der Waals surface area contributed by atoms with Crippen molar-refractivity contribution in [1.29, 1.82) is 0 Å². The average Bonchev–Trinajstić information content (AvgIpc) is 3.77. The number of hydrogen-bond acceptors (Lipinski definition) is 9. The Morgan fingerprint density at radius 3 is 1.76 bits per heavy atom. The minimum atomic E-state index is -1.52. The summed E-state index contributed by atoms with van der Waals surface area (Å²) >= 11 is 0. The van der Waals surface area contributed by atoms with Crippen molar-refractivity contribution in [3.8, 4) is 0 Å². The van der Waals surface area contributed by atoms with Crippen LogP contribution >= 0.6 is 0 Å². The molecule has 1 rings (SSSR count). The SMILES string of the molecule is CCCCCCCCC(NC(=O)C1CCCN1C(=O)CCCCC)C(=O)NCC(=O)N(C(C)C)C(C)(C)C(=O)NCC(=O)N(C(C)C)C(CC(C)C)C(=O)NC(C)(C)C(=O)NC(C)(C)C(=O)NCCC. The van der Waals surface area contributed by atoms with Gasteiger partial charge in [0.25, 0.3) is 0 Å². The zero-order valence-corrected chi connectivity index (χ0v) is 45.9. The first-order valence-corrected chi connectivity index (χ1v) is 26.3. The number of hydrogen-bond donors (Lipinski definition) is 6. The molecule has 1 aliphatic heterocycles. The molecule has 402 valence electrons. The van der Waals surface area contributed by atoms with Crippen molar-refractivity contribution in [2.24, 2.45) is 5.92 Å². The number of nitrogens with zero attached hydrogens (tertiary/aromatic N) is 3. The number of carbonyl (C=O) groups excluding carboxylic acids is 9. The maximum atomic E-state index is 14.1. The Hall–Kier alpha value is -4.77. The molecule has 6 N–H and O–H groups in total. The standard InChI is InChI=1S/C52H95N9O9/c1-16-19-21-22-23-25-27-38(56-45(66)39-28-26-31-59(39)41(62)29-24-20-17-2)44(65)54-34-43(64)61(37(8)9)52(14,15)49(70)55-33-42(63)60(36(6)7)40(32-35(4)5)46(67)57-51(12,13)48(69)58-50(10,11)47(68)53-30-18-3/h35-40H,16-34H2,1-15H3,(H,53,68)(H,54,65)(H,55,70)(H,56,66)(H,57,67)(H,58,69). The summed E-state index contributed by atoms with van der Waals surface area (Å²) in [4.78, 5) is 128. The third-order valence-corrected chi connectivity index (χ3v) is 12.8. The van der Waals surface area contributed by atoms with Gasteiger partial charge >= 0.3 is 0 Å². The van der Waals surface area contributed by atoms with E-state index in [4.69, 9.17) is 0 Å². The lowest BCUT2D eigenvalue weighted by Gasteiger charge is -2.41. The second kappa shape index (κ2) is 30.2. The molecule has 9 amide bonds. The molecule has 1 heterocycles. The Labute approximate surface area is 420 Å². The highest BCUT2D eigenvalue weighted by Gasteiger charge is 2.43. The highest BCUT2D eigenvalue weighted by molar-refractivity contribution is 5.99. The topological polar surface area (TPSA) is 236 Å². The van der Waals surface area contributed by atoms with Gasteiger partial charge < -0.3 is 46.6 Å². The lowest BCUT2D eigenvalue weighted by Crippen LogP contribution is -2.65.